The molecule has 31 heavy (non-hydrogen) atoms. The van der Waals surface area contributed by atoms with Crippen LogP contribution in [0.4, 0.5) is 0 Å². The number of nitrogens with zero attached hydrogens (tertiary/aromatic N) is 4. The molecule has 0 bridgehead atoms. The van der Waals surface area contributed by atoms with Crippen LogP contribution in [-0.2, 0) is 4.79 Å². The summed E-state index contributed by atoms with van der Waals surface area (Å²) in [6, 6.07) is 18.8. The minimum Gasteiger partial charge on any atom is -0.457 e. The van der Waals surface area contributed by atoms with Gasteiger partial charge in [-0.1, -0.05) is 18.2 Å². The van der Waals surface area contributed by atoms with E-state index in [4.69, 9.17) is 4.74 Å². The maximum atomic E-state index is 13.5. The Morgan fingerprint density at radius 2 is 1.74 bits per heavy atom. The number of hydrogen-bond donors (Lipinski definition) is 0. The molecule has 156 valence electrons. The van der Waals surface area contributed by atoms with Gasteiger partial charge in [0, 0.05) is 26.2 Å². The van der Waals surface area contributed by atoms with Crippen molar-refractivity contribution in [3.63, 3.8) is 0 Å². The molecule has 0 spiro atoms. The average molecular weight is 414 g/mol. The zero-order valence-electron chi connectivity index (χ0n) is 17.1. The molecule has 1 fully saturated rings. The van der Waals surface area contributed by atoms with E-state index in [1.807, 2.05) is 60.7 Å². The van der Waals surface area contributed by atoms with Crippen LogP contribution >= 0.6 is 0 Å². The highest BCUT2D eigenvalue weighted by molar-refractivity contribution is 5.77. The number of rotatable bonds is 4. The Labute approximate surface area is 179 Å². The van der Waals surface area contributed by atoms with Crippen LogP contribution in [0.3, 0.4) is 0 Å². The summed E-state index contributed by atoms with van der Waals surface area (Å²) in [6.07, 6.45) is 4.15. The highest BCUT2D eigenvalue weighted by Crippen LogP contribution is 2.27. The van der Waals surface area contributed by atoms with Gasteiger partial charge in [0.15, 0.2) is 0 Å². The number of ether oxygens (including phenoxy) is 1. The molecule has 5 rings (SSSR count). The van der Waals surface area contributed by atoms with Crippen molar-refractivity contribution in [2.45, 2.75) is 19.4 Å². The molecule has 1 amide bonds. The van der Waals surface area contributed by atoms with Gasteiger partial charge in [0.1, 0.15) is 11.5 Å². The van der Waals surface area contributed by atoms with Crippen LogP contribution in [-0.4, -0.2) is 38.0 Å². The molecule has 1 saturated heterocycles. The van der Waals surface area contributed by atoms with Crippen molar-refractivity contribution in [1.29, 1.82) is 0 Å². The maximum Gasteiger partial charge on any atom is 0.334 e. The van der Waals surface area contributed by atoms with E-state index >= 15 is 0 Å². The van der Waals surface area contributed by atoms with Crippen molar-refractivity contribution in [3.8, 4) is 17.2 Å². The lowest BCUT2D eigenvalue weighted by atomic mass is 10.2. The van der Waals surface area contributed by atoms with Gasteiger partial charge in [-0.25, -0.2) is 4.79 Å². The van der Waals surface area contributed by atoms with Gasteiger partial charge >= 0.3 is 5.69 Å². The highest BCUT2D eigenvalue weighted by atomic mass is 16.5. The van der Waals surface area contributed by atoms with Crippen molar-refractivity contribution in [2.75, 3.05) is 13.1 Å². The Morgan fingerprint density at radius 3 is 2.45 bits per heavy atom. The second-order valence-electron chi connectivity index (χ2n) is 7.67. The number of likely N-dealkylation sites (tertiary alicyclic amines) is 1. The standard InChI is InChI=1S/C24H22N4O3/c1-17(29)26-14-12-19(16-26)28-22-11-13-25-15-23(22)27(24(28)30)18-7-9-21(10-8-18)31-20-5-3-2-4-6-20/h2-11,13,15,19H,12,14,16H2,1H3. The minimum atomic E-state index is -0.130. The van der Waals surface area contributed by atoms with E-state index < -0.39 is 0 Å². The summed E-state index contributed by atoms with van der Waals surface area (Å²) in [6.45, 7) is 2.77. The second kappa shape index (κ2) is 7.75. The Balaban J connectivity index is 1.53. The Bertz CT molecular complexity index is 1290. The van der Waals surface area contributed by atoms with Gasteiger partial charge in [0.25, 0.3) is 0 Å². The van der Waals surface area contributed by atoms with Gasteiger partial charge in [-0.05, 0) is 48.9 Å². The molecule has 7 heteroatoms. The number of hydrogen-bond acceptors (Lipinski definition) is 4. The topological polar surface area (TPSA) is 69.4 Å². The number of para-hydroxylation sites is 1. The molecule has 2 aromatic carbocycles. The molecule has 3 heterocycles. The smallest absolute Gasteiger partial charge is 0.334 e. The third-order valence-corrected chi connectivity index (χ3v) is 5.72. The highest BCUT2D eigenvalue weighted by Gasteiger charge is 2.29. The van der Waals surface area contributed by atoms with Crippen LogP contribution in [0.5, 0.6) is 11.5 Å². The van der Waals surface area contributed by atoms with Gasteiger partial charge in [0.05, 0.1) is 29.0 Å². The number of carbonyl (C=O) groups excluding carboxylic acids is 1. The zero-order chi connectivity index (χ0) is 21.4. The molecule has 0 radical (unpaired) electrons. The third kappa shape index (κ3) is 3.48. The van der Waals surface area contributed by atoms with Gasteiger partial charge in [0.2, 0.25) is 5.91 Å². The number of carbonyl (C=O) groups is 1. The number of amides is 1. The van der Waals surface area contributed by atoms with Crippen molar-refractivity contribution in [3.05, 3.63) is 83.5 Å². The SMILES string of the molecule is CC(=O)N1CCC(n2c(=O)n(-c3ccc(Oc4ccccc4)cc3)c3cnccc32)C1. The Hall–Kier alpha value is -3.87. The lowest BCUT2D eigenvalue weighted by Crippen LogP contribution is -2.30. The Morgan fingerprint density at radius 1 is 1.00 bits per heavy atom. The molecule has 7 nitrogen and oxygen atoms in total. The van der Waals surface area contributed by atoms with Gasteiger partial charge in [-0.3, -0.25) is 18.9 Å². The van der Waals surface area contributed by atoms with E-state index in [9.17, 15) is 9.59 Å². The summed E-state index contributed by atoms with van der Waals surface area (Å²) in [5, 5.41) is 0. The number of imidazole rings is 1. The fourth-order valence-corrected chi connectivity index (χ4v) is 4.20. The second-order valence-corrected chi connectivity index (χ2v) is 7.67. The lowest BCUT2D eigenvalue weighted by molar-refractivity contribution is -0.127. The van der Waals surface area contributed by atoms with E-state index in [2.05, 4.69) is 4.98 Å². The molecule has 1 aliphatic heterocycles. The largest absolute Gasteiger partial charge is 0.457 e. The predicted molar refractivity (Wildman–Crippen MR) is 118 cm³/mol. The number of aromatic nitrogens is 3. The van der Waals surface area contributed by atoms with E-state index in [0.717, 1.165) is 28.9 Å². The van der Waals surface area contributed by atoms with Crippen LogP contribution in [0.15, 0.2) is 77.9 Å². The van der Waals surface area contributed by atoms with E-state index in [1.165, 1.54) is 0 Å². The summed E-state index contributed by atoms with van der Waals surface area (Å²) in [5.74, 6) is 1.48. The molecular formula is C24H22N4O3. The number of fused-ring (bicyclic) bond motifs is 1. The number of pyridine rings is 1. The fraction of sp³-hybridized carbons (Fsp3) is 0.208. The van der Waals surface area contributed by atoms with Crippen LogP contribution in [0.2, 0.25) is 0 Å². The first kappa shape index (κ1) is 19.1. The van der Waals surface area contributed by atoms with Crippen molar-refractivity contribution in [1.82, 2.24) is 19.0 Å². The normalized spacial score (nSPS) is 16.0. The van der Waals surface area contributed by atoms with E-state index in [-0.39, 0.29) is 17.6 Å². The predicted octanol–water partition coefficient (Wildman–Crippen LogP) is 3.77. The first-order valence-electron chi connectivity index (χ1n) is 10.3. The van der Waals surface area contributed by atoms with Gasteiger partial charge < -0.3 is 9.64 Å². The molecule has 0 N–H and O–H groups in total. The first-order valence-corrected chi connectivity index (χ1v) is 10.3. The summed E-state index contributed by atoms with van der Waals surface area (Å²) in [5.41, 5.74) is 2.17. The lowest BCUT2D eigenvalue weighted by Gasteiger charge is -2.15. The molecular weight excluding hydrogens is 392 g/mol. The molecule has 0 aliphatic carbocycles. The molecule has 1 aliphatic rings. The summed E-state index contributed by atoms with van der Waals surface area (Å²) in [4.78, 5) is 31.3. The third-order valence-electron chi connectivity index (χ3n) is 5.72. The molecule has 0 saturated carbocycles. The minimum absolute atomic E-state index is 0.0370. The molecule has 4 aromatic rings. The maximum absolute atomic E-state index is 13.5. The van der Waals surface area contributed by atoms with Crippen molar-refractivity contribution in [2.24, 2.45) is 0 Å². The monoisotopic (exact) mass is 414 g/mol. The Kier molecular flexibility index (Phi) is 4.78. The van der Waals surface area contributed by atoms with E-state index in [0.29, 0.717) is 18.8 Å². The molecule has 1 unspecified atom stereocenters. The van der Waals surface area contributed by atoms with Crippen molar-refractivity contribution < 1.29 is 9.53 Å². The van der Waals surface area contributed by atoms with Crippen LogP contribution < -0.4 is 10.4 Å². The fourth-order valence-electron chi connectivity index (χ4n) is 4.20. The first-order chi connectivity index (χ1) is 15.1. The van der Waals surface area contributed by atoms with Crippen LogP contribution in [0.1, 0.15) is 19.4 Å². The zero-order valence-corrected chi connectivity index (χ0v) is 17.1. The summed E-state index contributed by atoms with van der Waals surface area (Å²) < 4.78 is 9.34. The van der Waals surface area contributed by atoms with E-state index in [1.54, 1.807) is 33.4 Å². The van der Waals surface area contributed by atoms with Crippen molar-refractivity contribution >= 4 is 16.9 Å². The summed E-state index contributed by atoms with van der Waals surface area (Å²) >= 11 is 0. The molecule has 2 aromatic heterocycles. The molecule has 1 atom stereocenters. The summed E-state index contributed by atoms with van der Waals surface area (Å²) in [7, 11) is 0. The quantitative estimate of drug-likeness (QED) is 0.510. The van der Waals surface area contributed by atoms with Crippen LogP contribution in [0, 0.1) is 0 Å². The van der Waals surface area contributed by atoms with Crippen LogP contribution in [0.25, 0.3) is 16.7 Å². The van der Waals surface area contributed by atoms with Gasteiger partial charge in [-0.15, -0.1) is 0 Å². The average Bonchev–Trinajstić information content (AvgIpc) is 3.37. The number of benzene rings is 2. The van der Waals surface area contributed by atoms with Gasteiger partial charge in [-0.2, -0.15) is 0 Å².